The highest BCUT2D eigenvalue weighted by molar-refractivity contribution is 5.49. The summed E-state index contributed by atoms with van der Waals surface area (Å²) in [5.74, 6) is 0.658. The van der Waals surface area contributed by atoms with Gasteiger partial charge in [-0.15, -0.1) is 0 Å². The molecule has 0 radical (unpaired) electrons. The van der Waals surface area contributed by atoms with E-state index in [1.807, 2.05) is 38.1 Å². The first kappa shape index (κ1) is 15.7. The predicted octanol–water partition coefficient (Wildman–Crippen LogP) is 0.580. The van der Waals surface area contributed by atoms with Crippen LogP contribution in [0.2, 0.25) is 0 Å². The number of nitrogens with zero attached hydrogens (tertiary/aromatic N) is 1. The maximum absolute atomic E-state index is 12.2. The van der Waals surface area contributed by atoms with Gasteiger partial charge in [-0.1, -0.05) is 36.8 Å². The first-order valence-corrected chi connectivity index (χ1v) is 7.62. The van der Waals surface area contributed by atoms with Crippen LogP contribution in [0, 0.1) is 6.92 Å². The minimum Gasteiger partial charge on any atom is -0.448 e. The summed E-state index contributed by atoms with van der Waals surface area (Å²) in [4.78, 5) is 33.8. The molecular formula is C18H17N3O3. The summed E-state index contributed by atoms with van der Waals surface area (Å²) >= 11 is 0. The van der Waals surface area contributed by atoms with Crippen molar-refractivity contribution in [2.45, 2.75) is 20.3 Å². The summed E-state index contributed by atoms with van der Waals surface area (Å²) in [7, 11) is 0. The molecule has 0 aliphatic carbocycles. The lowest BCUT2D eigenvalue weighted by Gasteiger charge is -1.95. The smallest absolute Gasteiger partial charge is 0.272 e. The average Bonchev–Trinajstić information content (AvgIpc) is 2.99. The fourth-order valence-corrected chi connectivity index (χ4v) is 2.42. The van der Waals surface area contributed by atoms with Crippen molar-refractivity contribution in [3.63, 3.8) is 0 Å². The highest BCUT2D eigenvalue weighted by Gasteiger charge is 2.04. The third-order valence-electron chi connectivity index (χ3n) is 3.61. The van der Waals surface area contributed by atoms with Crippen molar-refractivity contribution >= 4 is 12.2 Å². The second-order valence-electron chi connectivity index (χ2n) is 5.45. The van der Waals surface area contributed by atoms with E-state index in [9.17, 15) is 9.59 Å². The summed E-state index contributed by atoms with van der Waals surface area (Å²) in [6.07, 6.45) is 5.12. The van der Waals surface area contributed by atoms with E-state index in [0.29, 0.717) is 17.9 Å². The van der Waals surface area contributed by atoms with Gasteiger partial charge in [0.1, 0.15) is 22.2 Å². The van der Waals surface area contributed by atoms with Crippen LogP contribution < -0.4 is 21.8 Å². The van der Waals surface area contributed by atoms with Crippen molar-refractivity contribution in [3.05, 3.63) is 84.6 Å². The van der Waals surface area contributed by atoms with Crippen molar-refractivity contribution in [1.82, 2.24) is 15.0 Å². The van der Waals surface area contributed by atoms with Gasteiger partial charge in [0.05, 0.1) is 0 Å². The van der Waals surface area contributed by atoms with Crippen molar-refractivity contribution in [2.24, 2.45) is 0 Å². The zero-order chi connectivity index (χ0) is 17.1. The fraction of sp³-hybridized carbons (Fsp3) is 0.167. The number of aromatic nitrogens is 3. The molecule has 2 N–H and O–H groups in total. The molecule has 2 aromatic heterocycles. The Bertz CT molecular complexity index is 1100. The average molecular weight is 323 g/mol. The minimum atomic E-state index is -0.390. The number of aromatic amines is 2. The van der Waals surface area contributed by atoms with Crippen LogP contribution in [0.1, 0.15) is 29.5 Å². The molecule has 122 valence electrons. The lowest BCUT2D eigenvalue weighted by molar-refractivity contribution is 0.509. The molecule has 0 amide bonds. The molecule has 6 nitrogen and oxygen atoms in total. The van der Waals surface area contributed by atoms with Gasteiger partial charge in [-0.25, -0.2) is 4.98 Å². The summed E-state index contributed by atoms with van der Waals surface area (Å²) < 4.78 is 5.22. The van der Waals surface area contributed by atoms with Crippen molar-refractivity contribution < 1.29 is 4.42 Å². The number of nitrogens with one attached hydrogen (secondary N) is 2. The zero-order valence-corrected chi connectivity index (χ0v) is 13.4. The molecule has 24 heavy (non-hydrogen) atoms. The van der Waals surface area contributed by atoms with Crippen LogP contribution in [0.3, 0.4) is 0 Å². The molecular weight excluding hydrogens is 306 g/mol. The van der Waals surface area contributed by atoms with Gasteiger partial charge >= 0.3 is 0 Å². The van der Waals surface area contributed by atoms with Gasteiger partial charge in [-0.3, -0.25) is 9.59 Å². The molecule has 0 spiro atoms. The molecule has 0 aliphatic rings. The second kappa shape index (κ2) is 6.54. The Kier molecular flexibility index (Phi) is 4.29. The maximum Gasteiger partial charge on any atom is 0.272 e. The van der Waals surface area contributed by atoms with Gasteiger partial charge in [0.15, 0.2) is 6.39 Å². The van der Waals surface area contributed by atoms with Crippen LogP contribution in [0.15, 0.2) is 44.7 Å². The Hall–Kier alpha value is -3.15. The van der Waals surface area contributed by atoms with E-state index < -0.39 is 5.56 Å². The van der Waals surface area contributed by atoms with E-state index in [-0.39, 0.29) is 16.3 Å². The Morgan fingerprint density at radius 2 is 1.83 bits per heavy atom. The van der Waals surface area contributed by atoms with E-state index >= 15 is 0 Å². The standard InChI is InChI=1S/C18H17N3O3/c1-3-16-13(19-10-24-16)9-15-18(23)20-14(17(22)21-15)8-12-6-4-5-11(2)7-12/h4-10H,3H2,1-2H3,(H,20,23)(H,21,22)/b14-8-,15-9-. The lowest BCUT2D eigenvalue weighted by atomic mass is 10.1. The molecule has 3 rings (SSSR count). The second-order valence-corrected chi connectivity index (χ2v) is 5.45. The van der Waals surface area contributed by atoms with E-state index in [0.717, 1.165) is 11.1 Å². The van der Waals surface area contributed by atoms with Crippen LogP contribution in [-0.2, 0) is 6.42 Å². The van der Waals surface area contributed by atoms with E-state index in [1.165, 1.54) is 12.5 Å². The van der Waals surface area contributed by atoms with Gasteiger partial charge in [-0.2, -0.15) is 0 Å². The molecule has 0 atom stereocenters. The summed E-state index contributed by atoms with van der Waals surface area (Å²) in [6, 6.07) is 7.66. The molecule has 0 bridgehead atoms. The number of H-pyrrole nitrogens is 2. The number of benzene rings is 1. The van der Waals surface area contributed by atoms with Crippen molar-refractivity contribution in [3.8, 4) is 0 Å². The third kappa shape index (κ3) is 3.27. The lowest BCUT2D eigenvalue weighted by Crippen LogP contribution is -2.46. The molecule has 0 aliphatic heterocycles. The van der Waals surface area contributed by atoms with Crippen molar-refractivity contribution in [1.29, 1.82) is 0 Å². The zero-order valence-electron chi connectivity index (χ0n) is 13.4. The number of oxazole rings is 1. The fourth-order valence-electron chi connectivity index (χ4n) is 2.42. The van der Waals surface area contributed by atoms with Crippen LogP contribution in [-0.4, -0.2) is 15.0 Å². The van der Waals surface area contributed by atoms with Gasteiger partial charge < -0.3 is 14.4 Å². The largest absolute Gasteiger partial charge is 0.448 e. The van der Waals surface area contributed by atoms with E-state index in [4.69, 9.17) is 4.42 Å². The summed E-state index contributed by atoms with van der Waals surface area (Å²) in [6.45, 7) is 3.89. The highest BCUT2D eigenvalue weighted by Crippen LogP contribution is 2.07. The first-order valence-electron chi connectivity index (χ1n) is 7.62. The molecule has 1 aromatic carbocycles. The topological polar surface area (TPSA) is 91.8 Å². The van der Waals surface area contributed by atoms with Crippen LogP contribution in [0.5, 0.6) is 0 Å². The normalized spacial score (nSPS) is 12.8. The van der Waals surface area contributed by atoms with Gasteiger partial charge in [-0.05, 0) is 24.6 Å². The van der Waals surface area contributed by atoms with E-state index in [2.05, 4.69) is 15.0 Å². The van der Waals surface area contributed by atoms with Crippen molar-refractivity contribution in [2.75, 3.05) is 0 Å². The molecule has 6 heteroatoms. The van der Waals surface area contributed by atoms with Gasteiger partial charge in [0.25, 0.3) is 11.1 Å². The molecule has 0 saturated carbocycles. The minimum absolute atomic E-state index is 0.144. The summed E-state index contributed by atoms with van der Waals surface area (Å²) in [5, 5.41) is 0.351. The number of aryl methyl sites for hydroxylation is 2. The Morgan fingerprint density at radius 3 is 2.50 bits per heavy atom. The quantitative estimate of drug-likeness (QED) is 0.737. The number of hydrogen-bond acceptors (Lipinski definition) is 4. The van der Waals surface area contributed by atoms with Gasteiger partial charge in [0.2, 0.25) is 0 Å². The molecule has 0 unspecified atom stereocenters. The SMILES string of the molecule is CCc1ocnc1/C=c1\[nH]c(=O)/c(=C/c2cccc(C)c2)[nH]c1=O. The third-order valence-corrected chi connectivity index (χ3v) is 3.61. The predicted molar refractivity (Wildman–Crippen MR) is 91.1 cm³/mol. The molecule has 2 heterocycles. The van der Waals surface area contributed by atoms with Crippen LogP contribution in [0.25, 0.3) is 12.2 Å². The van der Waals surface area contributed by atoms with Gasteiger partial charge in [0, 0.05) is 6.42 Å². The first-order chi connectivity index (χ1) is 11.6. The highest BCUT2D eigenvalue weighted by atomic mass is 16.3. The van der Waals surface area contributed by atoms with E-state index in [1.54, 1.807) is 6.08 Å². The molecule has 0 saturated heterocycles. The Balaban J connectivity index is 2.14. The molecule has 0 fully saturated rings. The Morgan fingerprint density at radius 1 is 1.12 bits per heavy atom. The maximum atomic E-state index is 12.2. The molecule has 3 aromatic rings. The summed E-state index contributed by atoms with van der Waals surface area (Å²) in [5.41, 5.74) is 1.69. The van der Waals surface area contributed by atoms with Crippen LogP contribution in [0.4, 0.5) is 0 Å². The Labute approximate surface area is 137 Å². The monoisotopic (exact) mass is 323 g/mol. The van der Waals surface area contributed by atoms with Crippen LogP contribution >= 0.6 is 0 Å². The number of hydrogen-bond donors (Lipinski definition) is 2. The number of rotatable bonds is 3.